The van der Waals surface area contributed by atoms with Gasteiger partial charge >= 0.3 is 11.9 Å². The van der Waals surface area contributed by atoms with E-state index in [4.69, 9.17) is 4.74 Å². The zero-order valence-corrected chi connectivity index (χ0v) is 14.5. The summed E-state index contributed by atoms with van der Waals surface area (Å²) in [6.07, 6.45) is 0. The van der Waals surface area contributed by atoms with E-state index < -0.39 is 11.9 Å². The van der Waals surface area contributed by atoms with Gasteiger partial charge < -0.3 is 9.47 Å². The Morgan fingerprint density at radius 3 is 1.65 bits per heavy atom. The number of esters is 2. The van der Waals surface area contributed by atoms with Crippen LogP contribution >= 0.6 is 0 Å². The van der Waals surface area contributed by atoms with Crippen molar-refractivity contribution in [2.75, 3.05) is 13.2 Å². The fraction of sp³-hybridized carbons (Fsp3) is 0.200. The molecular formula is C20H18O6. The smallest absolute Gasteiger partial charge is 0.338 e. The van der Waals surface area contributed by atoms with Crippen molar-refractivity contribution >= 4 is 23.5 Å². The SMILES string of the molecule is CC(=O)COC(=O)c1ccc(-c2ccc(C(=O)COC(C)=O)cc2)cc1. The van der Waals surface area contributed by atoms with Gasteiger partial charge in [-0.1, -0.05) is 36.4 Å². The molecule has 0 unspecified atom stereocenters. The molecule has 0 bridgehead atoms. The Morgan fingerprint density at radius 1 is 0.692 bits per heavy atom. The van der Waals surface area contributed by atoms with E-state index in [-0.39, 0.29) is 24.8 Å². The Bertz CT molecular complexity index is 747. The van der Waals surface area contributed by atoms with Crippen LogP contribution in [0.25, 0.3) is 11.1 Å². The second-order valence-electron chi connectivity index (χ2n) is 5.64. The predicted molar refractivity (Wildman–Crippen MR) is 93.8 cm³/mol. The summed E-state index contributed by atoms with van der Waals surface area (Å²) in [5, 5.41) is 0. The number of benzene rings is 2. The number of hydrogen-bond donors (Lipinski definition) is 0. The highest BCUT2D eigenvalue weighted by Crippen LogP contribution is 2.21. The van der Waals surface area contributed by atoms with Crippen LogP contribution in [0.5, 0.6) is 0 Å². The van der Waals surface area contributed by atoms with E-state index in [9.17, 15) is 19.2 Å². The maximum atomic E-state index is 11.9. The summed E-state index contributed by atoms with van der Waals surface area (Å²) in [6.45, 7) is 2.06. The van der Waals surface area contributed by atoms with Crippen LogP contribution in [0.15, 0.2) is 48.5 Å². The van der Waals surface area contributed by atoms with Crippen LogP contribution in [-0.2, 0) is 19.1 Å². The lowest BCUT2D eigenvalue weighted by molar-refractivity contribution is -0.139. The molecular weight excluding hydrogens is 336 g/mol. The molecule has 0 atom stereocenters. The van der Waals surface area contributed by atoms with Crippen molar-refractivity contribution in [3.8, 4) is 11.1 Å². The molecule has 2 aromatic carbocycles. The quantitative estimate of drug-likeness (QED) is 0.561. The molecule has 0 N–H and O–H groups in total. The molecule has 2 rings (SSSR count). The minimum atomic E-state index is -0.557. The third-order valence-corrected chi connectivity index (χ3v) is 3.47. The zero-order chi connectivity index (χ0) is 19.1. The summed E-state index contributed by atoms with van der Waals surface area (Å²) in [7, 11) is 0. The summed E-state index contributed by atoms with van der Waals surface area (Å²) in [4.78, 5) is 45.2. The molecule has 0 aliphatic heterocycles. The van der Waals surface area contributed by atoms with Gasteiger partial charge in [-0.05, 0) is 30.2 Å². The van der Waals surface area contributed by atoms with E-state index >= 15 is 0 Å². The van der Waals surface area contributed by atoms with Crippen LogP contribution in [-0.4, -0.2) is 36.7 Å². The fourth-order valence-electron chi connectivity index (χ4n) is 2.15. The van der Waals surface area contributed by atoms with Gasteiger partial charge in [0.2, 0.25) is 0 Å². The number of ketones is 2. The average Bonchev–Trinajstić information content (AvgIpc) is 2.64. The number of rotatable bonds is 7. The molecule has 134 valence electrons. The van der Waals surface area contributed by atoms with Gasteiger partial charge in [-0.15, -0.1) is 0 Å². The topological polar surface area (TPSA) is 86.7 Å². The largest absolute Gasteiger partial charge is 0.457 e. The molecule has 6 nitrogen and oxygen atoms in total. The summed E-state index contributed by atoms with van der Waals surface area (Å²) < 4.78 is 9.54. The Labute approximate surface area is 150 Å². The molecule has 0 fully saturated rings. The lowest BCUT2D eigenvalue weighted by Gasteiger charge is -2.06. The molecule has 0 aromatic heterocycles. The second-order valence-corrected chi connectivity index (χ2v) is 5.64. The predicted octanol–water partition coefficient (Wildman–Crippen LogP) is 2.85. The molecule has 2 aromatic rings. The van der Waals surface area contributed by atoms with Gasteiger partial charge in [-0.2, -0.15) is 0 Å². The fourth-order valence-corrected chi connectivity index (χ4v) is 2.15. The minimum absolute atomic E-state index is 0.224. The molecule has 0 saturated heterocycles. The van der Waals surface area contributed by atoms with Crippen LogP contribution in [0.4, 0.5) is 0 Å². The third kappa shape index (κ3) is 5.37. The molecule has 26 heavy (non-hydrogen) atoms. The van der Waals surface area contributed by atoms with E-state index in [2.05, 4.69) is 4.74 Å². The van der Waals surface area contributed by atoms with E-state index in [0.29, 0.717) is 11.1 Å². The Morgan fingerprint density at radius 2 is 1.19 bits per heavy atom. The van der Waals surface area contributed by atoms with E-state index in [0.717, 1.165) is 11.1 Å². The van der Waals surface area contributed by atoms with E-state index in [1.54, 1.807) is 48.5 Å². The molecule has 0 aliphatic carbocycles. The average molecular weight is 354 g/mol. The van der Waals surface area contributed by atoms with E-state index in [1.807, 2.05) is 0 Å². The monoisotopic (exact) mass is 354 g/mol. The van der Waals surface area contributed by atoms with Crippen LogP contribution in [0.2, 0.25) is 0 Å². The van der Waals surface area contributed by atoms with Gasteiger partial charge in [0.15, 0.2) is 18.2 Å². The van der Waals surface area contributed by atoms with Crippen LogP contribution < -0.4 is 0 Å². The summed E-state index contributed by atoms with van der Waals surface area (Å²) in [6, 6.07) is 13.6. The maximum Gasteiger partial charge on any atom is 0.338 e. The Kier molecular flexibility index (Phi) is 6.38. The summed E-state index contributed by atoms with van der Waals surface area (Å²) >= 11 is 0. The lowest BCUT2D eigenvalue weighted by Crippen LogP contribution is -2.11. The van der Waals surface area contributed by atoms with Gasteiger partial charge in [0.05, 0.1) is 5.56 Å². The molecule has 0 saturated carbocycles. The standard InChI is InChI=1S/C20H18O6/c1-13(21)11-26-20(24)18-9-5-16(6-10-18)15-3-7-17(8-4-15)19(23)12-25-14(2)22/h3-10H,11-12H2,1-2H3. The van der Waals surface area contributed by atoms with Gasteiger partial charge in [0.25, 0.3) is 0 Å². The first-order valence-corrected chi connectivity index (χ1v) is 7.90. The third-order valence-electron chi connectivity index (χ3n) is 3.47. The van der Waals surface area contributed by atoms with Crippen molar-refractivity contribution in [3.05, 3.63) is 59.7 Å². The normalized spacial score (nSPS) is 10.1. The van der Waals surface area contributed by atoms with Crippen molar-refractivity contribution < 1.29 is 28.7 Å². The molecule has 0 radical (unpaired) electrons. The molecule has 0 spiro atoms. The first-order valence-electron chi connectivity index (χ1n) is 7.90. The van der Waals surface area contributed by atoms with Gasteiger partial charge in [0.1, 0.15) is 6.61 Å². The van der Waals surface area contributed by atoms with E-state index in [1.165, 1.54) is 13.8 Å². The van der Waals surface area contributed by atoms with Gasteiger partial charge in [0, 0.05) is 12.5 Å². The lowest BCUT2D eigenvalue weighted by atomic mass is 10.0. The van der Waals surface area contributed by atoms with Crippen LogP contribution in [0, 0.1) is 0 Å². The zero-order valence-electron chi connectivity index (χ0n) is 14.5. The minimum Gasteiger partial charge on any atom is -0.457 e. The second kappa shape index (κ2) is 8.71. The van der Waals surface area contributed by atoms with Crippen molar-refractivity contribution in [2.45, 2.75) is 13.8 Å². The Balaban J connectivity index is 2.05. The molecule has 0 amide bonds. The van der Waals surface area contributed by atoms with Crippen LogP contribution in [0.1, 0.15) is 34.6 Å². The van der Waals surface area contributed by atoms with Crippen molar-refractivity contribution in [2.24, 2.45) is 0 Å². The number of hydrogen-bond acceptors (Lipinski definition) is 6. The molecule has 0 aliphatic rings. The van der Waals surface area contributed by atoms with Crippen molar-refractivity contribution in [1.82, 2.24) is 0 Å². The number of carbonyl (C=O) groups excluding carboxylic acids is 4. The molecule has 6 heteroatoms. The number of carbonyl (C=O) groups is 4. The highest BCUT2D eigenvalue weighted by molar-refractivity contribution is 5.98. The van der Waals surface area contributed by atoms with Gasteiger partial charge in [-0.3, -0.25) is 14.4 Å². The summed E-state index contributed by atoms with van der Waals surface area (Å²) in [5.41, 5.74) is 2.51. The first kappa shape index (κ1) is 19.1. The Hall–Kier alpha value is -3.28. The molecule has 0 heterocycles. The van der Waals surface area contributed by atoms with Gasteiger partial charge in [-0.25, -0.2) is 4.79 Å². The highest BCUT2D eigenvalue weighted by atomic mass is 16.5. The number of ether oxygens (including phenoxy) is 2. The highest BCUT2D eigenvalue weighted by Gasteiger charge is 2.10. The van der Waals surface area contributed by atoms with Crippen molar-refractivity contribution in [1.29, 1.82) is 0 Å². The first-order chi connectivity index (χ1) is 12.4. The number of Topliss-reactive ketones (excluding diaryl/α,β-unsaturated/α-hetero) is 2. The van der Waals surface area contributed by atoms with Crippen LogP contribution in [0.3, 0.4) is 0 Å². The summed E-state index contributed by atoms with van der Waals surface area (Å²) in [5.74, 6) is -1.57. The van der Waals surface area contributed by atoms with Crippen molar-refractivity contribution in [3.63, 3.8) is 0 Å². The maximum absolute atomic E-state index is 11.9.